The summed E-state index contributed by atoms with van der Waals surface area (Å²) in [6.07, 6.45) is 3.75. The SMILES string of the molecule is CC1OCCC1CNCC(=O)NC1CC1. The van der Waals surface area contributed by atoms with Gasteiger partial charge in [0, 0.05) is 19.2 Å². The molecule has 2 atom stereocenters. The van der Waals surface area contributed by atoms with Gasteiger partial charge in [-0.2, -0.15) is 0 Å². The fourth-order valence-electron chi connectivity index (χ4n) is 1.92. The highest BCUT2D eigenvalue weighted by atomic mass is 16.5. The molecule has 0 bridgehead atoms. The Hall–Kier alpha value is -0.610. The molecule has 0 aromatic carbocycles. The van der Waals surface area contributed by atoms with Crippen LogP contribution in [0.4, 0.5) is 0 Å². The van der Waals surface area contributed by atoms with Crippen LogP contribution in [-0.4, -0.2) is 37.7 Å². The molecule has 0 aromatic rings. The van der Waals surface area contributed by atoms with Crippen molar-refractivity contribution in [2.24, 2.45) is 5.92 Å². The minimum atomic E-state index is 0.129. The molecule has 2 aliphatic rings. The molecule has 86 valence electrons. The van der Waals surface area contributed by atoms with Crippen molar-refractivity contribution >= 4 is 5.91 Å². The summed E-state index contributed by atoms with van der Waals surface area (Å²) in [5.74, 6) is 0.697. The summed E-state index contributed by atoms with van der Waals surface area (Å²) in [4.78, 5) is 11.3. The predicted molar refractivity (Wildman–Crippen MR) is 57.6 cm³/mol. The van der Waals surface area contributed by atoms with Crippen molar-refractivity contribution in [1.29, 1.82) is 0 Å². The minimum Gasteiger partial charge on any atom is -0.378 e. The van der Waals surface area contributed by atoms with Crippen LogP contribution < -0.4 is 10.6 Å². The van der Waals surface area contributed by atoms with Crippen LogP contribution in [0.2, 0.25) is 0 Å². The van der Waals surface area contributed by atoms with Gasteiger partial charge in [0.15, 0.2) is 0 Å². The van der Waals surface area contributed by atoms with Gasteiger partial charge in [0.25, 0.3) is 0 Å². The average molecular weight is 212 g/mol. The first-order valence-corrected chi connectivity index (χ1v) is 5.87. The summed E-state index contributed by atoms with van der Waals surface area (Å²) in [5.41, 5.74) is 0. The van der Waals surface area contributed by atoms with E-state index in [1.165, 1.54) is 0 Å². The quantitative estimate of drug-likeness (QED) is 0.688. The van der Waals surface area contributed by atoms with E-state index in [2.05, 4.69) is 17.6 Å². The molecule has 0 spiro atoms. The highest BCUT2D eigenvalue weighted by molar-refractivity contribution is 5.78. The summed E-state index contributed by atoms with van der Waals surface area (Å²) in [6.45, 7) is 4.30. The number of amides is 1. The van der Waals surface area contributed by atoms with Gasteiger partial charge in [-0.15, -0.1) is 0 Å². The maximum atomic E-state index is 11.3. The van der Waals surface area contributed by atoms with E-state index in [4.69, 9.17) is 4.74 Å². The first-order valence-electron chi connectivity index (χ1n) is 5.87. The number of hydrogen-bond acceptors (Lipinski definition) is 3. The average Bonchev–Trinajstić information content (AvgIpc) is 2.91. The largest absolute Gasteiger partial charge is 0.378 e. The van der Waals surface area contributed by atoms with Crippen LogP contribution >= 0.6 is 0 Å². The van der Waals surface area contributed by atoms with Gasteiger partial charge >= 0.3 is 0 Å². The molecule has 4 heteroatoms. The summed E-state index contributed by atoms with van der Waals surface area (Å²) in [5, 5.41) is 6.16. The molecule has 15 heavy (non-hydrogen) atoms. The fraction of sp³-hybridized carbons (Fsp3) is 0.909. The third kappa shape index (κ3) is 3.47. The Kier molecular flexibility index (Phi) is 3.59. The van der Waals surface area contributed by atoms with Gasteiger partial charge in [-0.1, -0.05) is 0 Å². The summed E-state index contributed by atoms with van der Waals surface area (Å²) in [7, 11) is 0. The highest BCUT2D eigenvalue weighted by Crippen LogP contribution is 2.19. The molecule has 1 saturated carbocycles. The van der Waals surface area contributed by atoms with Gasteiger partial charge in [-0.25, -0.2) is 0 Å². The Bertz CT molecular complexity index is 229. The van der Waals surface area contributed by atoms with Gasteiger partial charge in [0.2, 0.25) is 5.91 Å². The second-order valence-corrected chi connectivity index (χ2v) is 4.60. The van der Waals surface area contributed by atoms with Gasteiger partial charge in [0.05, 0.1) is 12.6 Å². The topological polar surface area (TPSA) is 50.4 Å². The molecule has 2 unspecified atom stereocenters. The van der Waals surface area contributed by atoms with Crippen LogP contribution in [0.25, 0.3) is 0 Å². The zero-order valence-corrected chi connectivity index (χ0v) is 9.29. The Labute approximate surface area is 90.8 Å². The lowest BCUT2D eigenvalue weighted by atomic mass is 10.0. The molecule has 1 aliphatic carbocycles. The van der Waals surface area contributed by atoms with E-state index < -0.39 is 0 Å². The first-order chi connectivity index (χ1) is 7.25. The predicted octanol–water partition coefficient (Wildman–Crippen LogP) is 0.280. The molecule has 4 nitrogen and oxygen atoms in total. The van der Waals surface area contributed by atoms with Crippen LogP contribution in [0.5, 0.6) is 0 Å². The molecule has 1 heterocycles. The standard InChI is InChI=1S/C11H20N2O2/c1-8-9(4-5-15-8)6-12-7-11(14)13-10-2-3-10/h8-10,12H,2-7H2,1H3,(H,13,14). The summed E-state index contributed by atoms with van der Waals surface area (Å²) >= 11 is 0. The van der Waals surface area contributed by atoms with Gasteiger partial charge in [-0.3, -0.25) is 4.79 Å². The van der Waals surface area contributed by atoms with E-state index >= 15 is 0 Å². The van der Waals surface area contributed by atoms with E-state index in [-0.39, 0.29) is 5.91 Å². The van der Waals surface area contributed by atoms with Crippen LogP contribution in [0.3, 0.4) is 0 Å². The number of ether oxygens (including phenoxy) is 1. The minimum absolute atomic E-state index is 0.129. The van der Waals surface area contributed by atoms with Crippen molar-refractivity contribution in [3.05, 3.63) is 0 Å². The number of nitrogens with one attached hydrogen (secondary N) is 2. The first kappa shape index (κ1) is 10.9. The van der Waals surface area contributed by atoms with Crippen molar-refractivity contribution in [2.45, 2.75) is 38.3 Å². The monoisotopic (exact) mass is 212 g/mol. The van der Waals surface area contributed by atoms with Crippen molar-refractivity contribution in [2.75, 3.05) is 19.7 Å². The molecule has 1 aliphatic heterocycles. The van der Waals surface area contributed by atoms with Crippen LogP contribution in [0, 0.1) is 5.92 Å². The molecule has 0 aromatic heterocycles. The Morgan fingerprint density at radius 1 is 1.40 bits per heavy atom. The molecule has 0 radical (unpaired) electrons. The van der Waals surface area contributed by atoms with Crippen LogP contribution in [0.15, 0.2) is 0 Å². The van der Waals surface area contributed by atoms with Crippen LogP contribution in [0.1, 0.15) is 26.2 Å². The Balaban J connectivity index is 1.55. The number of hydrogen-bond donors (Lipinski definition) is 2. The number of carbonyl (C=O) groups excluding carboxylic acids is 1. The fourth-order valence-corrected chi connectivity index (χ4v) is 1.92. The van der Waals surface area contributed by atoms with Gasteiger partial charge < -0.3 is 15.4 Å². The zero-order valence-electron chi connectivity index (χ0n) is 9.29. The van der Waals surface area contributed by atoms with Crippen molar-refractivity contribution in [1.82, 2.24) is 10.6 Å². The maximum absolute atomic E-state index is 11.3. The third-order valence-corrected chi connectivity index (χ3v) is 3.17. The maximum Gasteiger partial charge on any atom is 0.234 e. The second kappa shape index (κ2) is 4.94. The molecule has 2 rings (SSSR count). The molecular formula is C11H20N2O2. The van der Waals surface area contributed by atoms with E-state index in [1.54, 1.807) is 0 Å². The normalized spacial score (nSPS) is 30.5. The van der Waals surface area contributed by atoms with E-state index in [0.29, 0.717) is 24.6 Å². The zero-order chi connectivity index (χ0) is 10.7. The van der Waals surface area contributed by atoms with Gasteiger partial charge in [0.1, 0.15) is 0 Å². The van der Waals surface area contributed by atoms with E-state index in [1.807, 2.05) is 0 Å². The summed E-state index contributed by atoms with van der Waals surface area (Å²) in [6, 6.07) is 0.466. The van der Waals surface area contributed by atoms with E-state index in [0.717, 1.165) is 32.4 Å². The third-order valence-electron chi connectivity index (χ3n) is 3.17. The molecule has 1 saturated heterocycles. The lowest BCUT2D eigenvalue weighted by Crippen LogP contribution is -2.37. The molecule has 1 amide bonds. The lowest BCUT2D eigenvalue weighted by Gasteiger charge is -2.14. The van der Waals surface area contributed by atoms with E-state index in [9.17, 15) is 4.79 Å². The lowest BCUT2D eigenvalue weighted by molar-refractivity contribution is -0.120. The van der Waals surface area contributed by atoms with Crippen molar-refractivity contribution in [3.8, 4) is 0 Å². The molecule has 2 N–H and O–H groups in total. The molecule has 2 fully saturated rings. The highest BCUT2D eigenvalue weighted by Gasteiger charge is 2.25. The summed E-state index contributed by atoms with van der Waals surface area (Å²) < 4.78 is 5.46. The Morgan fingerprint density at radius 3 is 2.80 bits per heavy atom. The van der Waals surface area contributed by atoms with Gasteiger partial charge in [-0.05, 0) is 32.1 Å². The van der Waals surface area contributed by atoms with Crippen molar-refractivity contribution < 1.29 is 9.53 Å². The second-order valence-electron chi connectivity index (χ2n) is 4.60. The van der Waals surface area contributed by atoms with Crippen LogP contribution in [-0.2, 0) is 9.53 Å². The number of rotatable bonds is 5. The smallest absolute Gasteiger partial charge is 0.234 e. The number of carbonyl (C=O) groups is 1. The molecular weight excluding hydrogens is 192 g/mol. The Morgan fingerprint density at radius 2 is 2.20 bits per heavy atom. The van der Waals surface area contributed by atoms with Crippen molar-refractivity contribution in [3.63, 3.8) is 0 Å².